The Morgan fingerprint density at radius 2 is 1.89 bits per heavy atom. The highest BCUT2D eigenvalue weighted by atomic mass is 32.3. The van der Waals surface area contributed by atoms with E-state index in [1.54, 1.807) is 0 Å². The van der Waals surface area contributed by atoms with E-state index in [2.05, 4.69) is 24.8 Å². The standard InChI is InChI=1S/C7H19NS/c1-5-6-9(3,4)7-8-2/h8H,5-7H2,1-4H3. The fourth-order valence-electron chi connectivity index (χ4n) is 1.02. The first-order chi connectivity index (χ1) is 4.12. The third-order valence-corrected chi connectivity index (χ3v) is 3.88. The highest BCUT2D eigenvalue weighted by Crippen LogP contribution is 2.38. The highest BCUT2D eigenvalue weighted by molar-refractivity contribution is 8.32. The second kappa shape index (κ2) is 4.18. The number of hydrogen-bond donors (Lipinski definition) is 1. The number of rotatable bonds is 4. The maximum Gasteiger partial charge on any atom is 0.0254 e. The fraction of sp³-hybridized carbons (Fsp3) is 1.00. The first-order valence-electron chi connectivity index (χ1n) is 3.45. The van der Waals surface area contributed by atoms with Crippen LogP contribution in [-0.2, 0) is 0 Å². The van der Waals surface area contributed by atoms with Gasteiger partial charge < -0.3 is 5.32 Å². The maximum absolute atomic E-state index is 3.23. The van der Waals surface area contributed by atoms with Crippen LogP contribution in [0.3, 0.4) is 0 Å². The number of nitrogens with one attached hydrogen (secondary N) is 1. The summed E-state index contributed by atoms with van der Waals surface area (Å²) in [6.45, 7) is 2.25. The molecule has 0 saturated carbocycles. The first kappa shape index (κ1) is 9.31. The van der Waals surface area contributed by atoms with Crippen LogP contribution in [0.2, 0.25) is 0 Å². The van der Waals surface area contributed by atoms with Gasteiger partial charge in [-0.25, -0.2) is 10.0 Å². The zero-order chi connectivity index (χ0) is 7.33. The summed E-state index contributed by atoms with van der Waals surface area (Å²) in [5, 5.41) is 3.23. The third-order valence-electron chi connectivity index (χ3n) is 1.29. The molecule has 0 rings (SSSR count). The lowest BCUT2D eigenvalue weighted by Gasteiger charge is -2.30. The highest BCUT2D eigenvalue weighted by Gasteiger charge is 2.07. The van der Waals surface area contributed by atoms with Crippen molar-refractivity contribution in [3.05, 3.63) is 0 Å². The maximum atomic E-state index is 3.23. The van der Waals surface area contributed by atoms with Crippen LogP contribution in [0.15, 0.2) is 0 Å². The first-order valence-corrected chi connectivity index (χ1v) is 6.24. The van der Waals surface area contributed by atoms with Crippen molar-refractivity contribution in [3.63, 3.8) is 0 Å². The van der Waals surface area contributed by atoms with Crippen LogP contribution in [0.1, 0.15) is 13.3 Å². The molecule has 0 spiro atoms. The largest absolute Gasteiger partial charge is 0.312 e. The van der Waals surface area contributed by atoms with Crippen molar-refractivity contribution >= 4 is 10.0 Å². The predicted molar refractivity (Wildman–Crippen MR) is 48.5 cm³/mol. The predicted octanol–water partition coefficient (Wildman–Crippen LogP) is 1.64. The van der Waals surface area contributed by atoms with E-state index in [4.69, 9.17) is 0 Å². The molecular weight excluding hydrogens is 130 g/mol. The van der Waals surface area contributed by atoms with Crippen LogP contribution in [0.4, 0.5) is 0 Å². The monoisotopic (exact) mass is 149 g/mol. The van der Waals surface area contributed by atoms with Crippen molar-refractivity contribution in [2.24, 2.45) is 0 Å². The molecule has 1 nitrogen and oxygen atoms in total. The normalized spacial score (nSPS) is 13.8. The van der Waals surface area contributed by atoms with Gasteiger partial charge in [0.2, 0.25) is 0 Å². The van der Waals surface area contributed by atoms with Crippen molar-refractivity contribution in [2.75, 3.05) is 31.2 Å². The zero-order valence-corrected chi connectivity index (χ0v) is 7.85. The Hall–Kier alpha value is 0.310. The molecule has 2 heteroatoms. The summed E-state index contributed by atoms with van der Waals surface area (Å²) >= 11 is 0. The lowest BCUT2D eigenvalue weighted by atomic mass is 10.6. The van der Waals surface area contributed by atoms with Crippen molar-refractivity contribution in [2.45, 2.75) is 13.3 Å². The quantitative estimate of drug-likeness (QED) is 0.641. The van der Waals surface area contributed by atoms with Crippen LogP contribution in [0.25, 0.3) is 0 Å². The fourth-order valence-corrected chi connectivity index (χ4v) is 3.05. The molecule has 0 saturated heterocycles. The lowest BCUT2D eigenvalue weighted by Crippen LogP contribution is -2.17. The zero-order valence-electron chi connectivity index (χ0n) is 7.03. The van der Waals surface area contributed by atoms with Gasteiger partial charge >= 0.3 is 0 Å². The summed E-state index contributed by atoms with van der Waals surface area (Å²) in [5.74, 6) is 2.61. The number of hydrogen-bond acceptors (Lipinski definition) is 1. The molecule has 58 valence electrons. The Bertz CT molecular complexity index is 63.3. The van der Waals surface area contributed by atoms with Crippen LogP contribution in [0, 0.1) is 0 Å². The third kappa shape index (κ3) is 4.79. The summed E-state index contributed by atoms with van der Waals surface area (Å²) in [7, 11) is 1.74. The van der Waals surface area contributed by atoms with Gasteiger partial charge in [-0.3, -0.25) is 0 Å². The van der Waals surface area contributed by atoms with Gasteiger partial charge in [0.25, 0.3) is 0 Å². The van der Waals surface area contributed by atoms with Gasteiger partial charge in [0.1, 0.15) is 0 Å². The van der Waals surface area contributed by atoms with E-state index in [-0.39, 0.29) is 10.0 Å². The van der Waals surface area contributed by atoms with E-state index in [1.165, 1.54) is 18.1 Å². The Kier molecular flexibility index (Phi) is 4.32. The van der Waals surface area contributed by atoms with Crippen LogP contribution >= 0.6 is 10.0 Å². The molecule has 9 heavy (non-hydrogen) atoms. The lowest BCUT2D eigenvalue weighted by molar-refractivity contribution is 0.965. The molecule has 0 aliphatic carbocycles. The summed E-state index contributed by atoms with van der Waals surface area (Å²) in [4.78, 5) is 0. The summed E-state index contributed by atoms with van der Waals surface area (Å²) in [6, 6.07) is 0. The Labute approximate surface area is 60.5 Å². The topological polar surface area (TPSA) is 12.0 Å². The van der Waals surface area contributed by atoms with Crippen LogP contribution in [0.5, 0.6) is 0 Å². The van der Waals surface area contributed by atoms with Gasteiger partial charge in [-0.1, -0.05) is 6.92 Å². The van der Waals surface area contributed by atoms with Crippen molar-refractivity contribution in [3.8, 4) is 0 Å². The van der Waals surface area contributed by atoms with Crippen molar-refractivity contribution in [1.29, 1.82) is 0 Å². The minimum absolute atomic E-state index is 0.293. The molecule has 0 aromatic heterocycles. The van der Waals surface area contributed by atoms with E-state index >= 15 is 0 Å². The van der Waals surface area contributed by atoms with Crippen LogP contribution < -0.4 is 5.32 Å². The summed E-state index contributed by atoms with van der Waals surface area (Å²) < 4.78 is 0. The minimum Gasteiger partial charge on any atom is -0.312 e. The summed E-state index contributed by atoms with van der Waals surface area (Å²) in [5.41, 5.74) is 0. The van der Waals surface area contributed by atoms with E-state index in [1.807, 2.05) is 7.05 Å². The molecule has 0 aliphatic rings. The second-order valence-corrected chi connectivity index (χ2v) is 7.20. The smallest absolute Gasteiger partial charge is 0.0254 e. The van der Waals surface area contributed by atoms with Gasteiger partial charge in [-0.15, -0.1) is 0 Å². The molecule has 0 amide bonds. The van der Waals surface area contributed by atoms with E-state index in [0.717, 1.165) is 0 Å². The second-order valence-electron chi connectivity index (χ2n) is 2.97. The molecule has 0 radical (unpaired) electrons. The molecule has 0 heterocycles. The molecule has 0 aromatic carbocycles. The molecule has 0 aromatic rings. The Morgan fingerprint density at radius 1 is 1.33 bits per heavy atom. The average Bonchev–Trinajstić information content (AvgIpc) is 1.64. The van der Waals surface area contributed by atoms with Gasteiger partial charge in [-0.2, -0.15) is 0 Å². The molecule has 0 fully saturated rings. The van der Waals surface area contributed by atoms with Crippen molar-refractivity contribution in [1.82, 2.24) is 5.32 Å². The van der Waals surface area contributed by atoms with E-state index in [9.17, 15) is 0 Å². The minimum atomic E-state index is -0.293. The Morgan fingerprint density at radius 3 is 2.22 bits per heavy atom. The molecule has 1 N–H and O–H groups in total. The SMILES string of the molecule is CCCS(C)(C)CNC. The molecule has 0 unspecified atom stereocenters. The van der Waals surface area contributed by atoms with Crippen LogP contribution in [-0.4, -0.2) is 31.2 Å². The molecule has 0 atom stereocenters. The van der Waals surface area contributed by atoms with E-state index in [0.29, 0.717) is 0 Å². The molecule has 0 aliphatic heterocycles. The molecule has 0 bridgehead atoms. The Balaban J connectivity index is 3.43. The van der Waals surface area contributed by atoms with Gasteiger partial charge in [0, 0.05) is 5.88 Å². The summed E-state index contributed by atoms with van der Waals surface area (Å²) in [6.07, 6.45) is 6.09. The van der Waals surface area contributed by atoms with E-state index < -0.39 is 0 Å². The van der Waals surface area contributed by atoms with Gasteiger partial charge in [0.15, 0.2) is 0 Å². The van der Waals surface area contributed by atoms with Gasteiger partial charge in [0.05, 0.1) is 0 Å². The molecular formula is C7H19NS. The van der Waals surface area contributed by atoms with Crippen molar-refractivity contribution < 1.29 is 0 Å². The average molecular weight is 149 g/mol. The van der Waals surface area contributed by atoms with Gasteiger partial charge in [-0.05, 0) is 31.7 Å².